The van der Waals surface area contributed by atoms with Crippen molar-refractivity contribution in [3.05, 3.63) is 29.1 Å². The fraction of sp³-hybridized carbons (Fsp3) is 0.571. The number of hydrogen-bond acceptors (Lipinski definition) is 4. The van der Waals surface area contributed by atoms with Crippen LogP contribution in [-0.2, 0) is 19.5 Å². The SMILES string of the molecule is COC1CN(S(=O)(=O)c2c(C)cc(F)cc2C)CC1OC. The molecule has 1 saturated heterocycles. The number of hydrogen-bond donors (Lipinski definition) is 0. The van der Waals surface area contributed by atoms with E-state index in [-0.39, 0.29) is 30.2 Å². The Bertz CT molecular complexity index is 597. The summed E-state index contributed by atoms with van der Waals surface area (Å²) in [6, 6.07) is 2.47. The van der Waals surface area contributed by atoms with E-state index in [0.717, 1.165) is 0 Å². The van der Waals surface area contributed by atoms with Crippen LogP contribution in [-0.4, -0.2) is 52.2 Å². The highest BCUT2D eigenvalue weighted by Gasteiger charge is 2.40. The van der Waals surface area contributed by atoms with Crippen molar-refractivity contribution >= 4 is 10.0 Å². The molecule has 5 nitrogen and oxygen atoms in total. The van der Waals surface area contributed by atoms with Gasteiger partial charge >= 0.3 is 0 Å². The van der Waals surface area contributed by atoms with Crippen molar-refractivity contribution in [1.82, 2.24) is 4.31 Å². The smallest absolute Gasteiger partial charge is 0.243 e. The van der Waals surface area contributed by atoms with Gasteiger partial charge in [0.15, 0.2) is 0 Å². The van der Waals surface area contributed by atoms with Gasteiger partial charge in [-0.3, -0.25) is 0 Å². The summed E-state index contributed by atoms with van der Waals surface area (Å²) in [7, 11) is -0.638. The summed E-state index contributed by atoms with van der Waals surface area (Å²) in [5.74, 6) is -0.435. The second-order valence-corrected chi connectivity index (χ2v) is 7.11. The van der Waals surface area contributed by atoms with Gasteiger partial charge < -0.3 is 9.47 Å². The first-order valence-electron chi connectivity index (χ1n) is 6.63. The number of methoxy groups -OCH3 is 2. The molecule has 1 aliphatic rings. The summed E-state index contributed by atoms with van der Waals surface area (Å²) in [5.41, 5.74) is 0.810. The van der Waals surface area contributed by atoms with Crippen molar-refractivity contribution in [2.75, 3.05) is 27.3 Å². The van der Waals surface area contributed by atoms with E-state index in [9.17, 15) is 12.8 Å². The average molecular weight is 317 g/mol. The van der Waals surface area contributed by atoms with Crippen LogP contribution in [0, 0.1) is 19.7 Å². The van der Waals surface area contributed by atoms with Crippen molar-refractivity contribution in [2.45, 2.75) is 31.0 Å². The molecular formula is C14H20FNO4S. The summed E-state index contributed by atoms with van der Waals surface area (Å²) in [4.78, 5) is 0.163. The molecule has 1 fully saturated rings. The Morgan fingerprint density at radius 3 is 1.90 bits per heavy atom. The van der Waals surface area contributed by atoms with E-state index in [1.165, 1.54) is 30.7 Å². The highest BCUT2D eigenvalue weighted by atomic mass is 32.2. The van der Waals surface area contributed by atoms with Gasteiger partial charge in [-0.25, -0.2) is 12.8 Å². The van der Waals surface area contributed by atoms with E-state index in [0.29, 0.717) is 11.1 Å². The third-order valence-electron chi connectivity index (χ3n) is 3.81. The highest BCUT2D eigenvalue weighted by molar-refractivity contribution is 7.89. The van der Waals surface area contributed by atoms with Crippen LogP contribution in [0.5, 0.6) is 0 Å². The van der Waals surface area contributed by atoms with Gasteiger partial charge in [-0.05, 0) is 37.1 Å². The Kier molecular flexibility index (Phi) is 4.67. The Morgan fingerprint density at radius 1 is 1.10 bits per heavy atom. The van der Waals surface area contributed by atoms with Gasteiger partial charge in [-0.15, -0.1) is 0 Å². The molecule has 1 aliphatic heterocycles. The van der Waals surface area contributed by atoms with Gasteiger partial charge in [-0.1, -0.05) is 0 Å². The van der Waals surface area contributed by atoms with E-state index < -0.39 is 15.8 Å². The van der Waals surface area contributed by atoms with Crippen molar-refractivity contribution in [3.8, 4) is 0 Å². The number of aryl methyl sites for hydroxylation is 2. The van der Waals surface area contributed by atoms with Crippen LogP contribution >= 0.6 is 0 Å². The molecule has 0 bridgehead atoms. The van der Waals surface area contributed by atoms with Crippen LogP contribution in [0.25, 0.3) is 0 Å². The predicted molar refractivity (Wildman–Crippen MR) is 76.2 cm³/mol. The molecule has 1 aromatic rings. The van der Waals surface area contributed by atoms with Crippen molar-refractivity contribution in [2.24, 2.45) is 0 Å². The standard InChI is InChI=1S/C14H20FNO4S/c1-9-5-11(15)6-10(2)14(9)21(17,18)16-7-12(19-3)13(8-16)20-4/h5-6,12-13H,7-8H2,1-4H3. The van der Waals surface area contributed by atoms with Crippen LogP contribution in [0.4, 0.5) is 4.39 Å². The largest absolute Gasteiger partial charge is 0.377 e. The maximum atomic E-state index is 13.4. The lowest BCUT2D eigenvalue weighted by molar-refractivity contribution is -0.00461. The van der Waals surface area contributed by atoms with Gasteiger partial charge in [0.1, 0.15) is 5.82 Å². The van der Waals surface area contributed by atoms with Crippen molar-refractivity contribution in [3.63, 3.8) is 0 Å². The third kappa shape index (κ3) is 2.96. The number of benzene rings is 1. The summed E-state index contributed by atoms with van der Waals surface area (Å²) < 4.78 is 50.8. The van der Waals surface area contributed by atoms with Crippen LogP contribution in [0.2, 0.25) is 0 Å². The third-order valence-corrected chi connectivity index (χ3v) is 5.95. The average Bonchev–Trinajstić information content (AvgIpc) is 2.80. The molecule has 0 amide bonds. The lowest BCUT2D eigenvalue weighted by Crippen LogP contribution is -2.31. The highest BCUT2D eigenvalue weighted by Crippen LogP contribution is 2.28. The topological polar surface area (TPSA) is 55.8 Å². The number of halogens is 1. The lowest BCUT2D eigenvalue weighted by atomic mass is 10.1. The van der Waals surface area contributed by atoms with Gasteiger partial charge in [0.2, 0.25) is 10.0 Å². The molecular weight excluding hydrogens is 297 g/mol. The summed E-state index contributed by atoms with van der Waals surface area (Å²) >= 11 is 0. The van der Waals surface area contributed by atoms with E-state index in [1.807, 2.05) is 0 Å². The minimum Gasteiger partial charge on any atom is -0.377 e. The Balaban J connectivity index is 2.40. The molecule has 21 heavy (non-hydrogen) atoms. The molecule has 0 radical (unpaired) electrons. The zero-order valence-electron chi connectivity index (χ0n) is 12.6. The molecule has 1 aromatic carbocycles. The van der Waals surface area contributed by atoms with Crippen molar-refractivity contribution < 1.29 is 22.3 Å². The van der Waals surface area contributed by atoms with Crippen LogP contribution in [0.1, 0.15) is 11.1 Å². The number of nitrogens with zero attached hydrogens (tertiary/aromatic N) is 1. The molecule has 1 heterocycles. The quantitative estimate of drug-likeness (QED) is 0.844. The summed E-state index contributed by atoms with van der Waals surface area (Å²) in [6.45, 7) is 3.66. The van der Waals surface area contributed by atoms with Gasteiger partial charge in [0.25, 0.3) is 0 Å². The van der Waals surface area contributed by atoms with E-state index in [2.05, 4.69) is 0 Å². The fourth-order valence-electron chi connectivity index (χ4n) is 2.79. The van der Waals surface area contributed by atoms with Crippen LogP contribution in [0.15, 0.2) is 17.0 Å². The van der Waals surface area contributed by atoms with Crippen LogP contribution in [0.3, 0.4) is 0 Å². The minimum atomic E-state index is -3.70. The van der Waals surface area contributed by atoms with Gasteiger partial charge in [-0.2, -0.15) is 4.31 Å². The molecule has 2 atom stereocenters. The lowest BCUT2D eigenvalue weighted by Gasteiger charge is -2.19. The molecule has 0 saturated carbocycles. The number of ether oxygens (including phenoxy) is 2. The maximum Gasteiger partial charge on any atom is 0.243 e. The van der Waals surface area contributed by atoms with E-state index in [4.69, 9.17) is 9.47 Å². The van der Waals surface area contributed by atoms with Crippen molar-refractivity contribution in [1.29, 1.82) is 0 Å². The summed E-state index contributed by atoms with van der Waals surface area (Å²) in [5, 5.41) is 0. The molecule has 2 unspecified atom stereocenters. The molecule has 0 aliphatic carbocycles. The molecule has 0 aromatic heterocycles. The van der Waals surface area contributed by atoms with Gasteiger partial charge in [0, 0.05) is 27.3 Å². The number of sulfonamides is 1. The Labute approximate surface area is 124 Å². The van der Waals surface area contributed by atoms with E-state index >= 15 is 0 Å². The first kappa shape index (κ1) is 16.4. The second-order valence-electron chi connectivity index (χ2n) is 5.24. The normalized spacial score (nSPS) is 23.7. The van der Waals surface area contributed by atoms with E-state index in [1.54, 1.807) is 13.8 Å². The minimum absolute atomic E-state index is 0.163. The zero-order chi connectivity index (χ0) is 15.8. The monoisotopic (exact) mass is 317 g/mol. The first-order valence-corrected chi connectivity index (χ1v) is 8.07. The molecule has 2 rings (SSSR count). The first-order chi connectivity index (χ1) is 9.81. The Hall–Kier alpha value is -1.02. The number of rotatable bonds is 4. The molecule has 118 valence electrons. The molecule has 0 spiro atoms. The summed E-state index contributed by atoms with van der Waals surface area (Å²) in [6.07, 6.45) is -0.600. The molecule has 7 heteroatoms. The molecule has 0 N–H and O–H groups in total. The van der Waals surface area contributed by atoms with Gasteiger partial charge in [0.05, 0.1) is 17.1 Å². The zero-order valence-corrected chi connectivity index (χ0v) is 13.4. The van der Waals surface area contributed by atoms with Crippen LogP contribution < -0.4 is 0 Å². The maximum absolute atomic E-state index is 13.4. The predicted octanol–water partition coefficient (Wildman–Crippen LogP) is 1.48. The second kappa shape index (κ2) is 6.00. The fourth-order valence-corrected chi connectivity index (χ4v) is 4.67. The Morgan fingerprint density at radius 2 is 1.52 bits per heavy atom.